The number of hydrazine groups is 1. The number of benzene rings is 1. The maximum absolute atomic E-state index is 13.2. The molecule has 1 aromatic rings. The summed E-state index contributed by atoms with van der Waals surface area (Å²) >= 11 is 0. The summed E-state index contributed by atoms with van der Waals surface area (Å²) in [6.45, 7) is 0.711. The minimum absolute atomic E-state index is 0.0285. The van der Waals surface area contributed by atoms with Crippen molar-refractivity contribution >= 4 is 9.84 Å². The van der Waals surface area contributed by atoms with Gasteiger partial charge in [0.2, 0.25) is 0 Å². The minimum atomic E-state index is -3.32. The molecule has 4 atom stereocenters. The zero-order valence-corrected chi connectivity index (χ0v) is 18.4. The number of ether oxygens (including phenoxy) is 1. The Morgan fingerprint density at radius 1 is 1.07 bits per heavy atom. The van der Waals surface area contributed by atoms with Gasteiger partial charge in [0.05, 0.1) is 17.3 Å². The van der Waals surface area contributed by atoms with E-state index in [0.717, 1.165) is 25.2 Å². The molecular formula is C23H36N2O3S. The molecular weight excluding hydrogens is 384 g/mol. The van der Waals surface area contributed by atoms with Gasteiger partial charge in [-0.2, -0.15) is 0 Å². The van der Waals surface area contributed by atoms with E-state index >= 15 is 0 Å². The van der Waals surface area contributed by atoms with Gasteiger partial charge in [-0.3, -0.25) is 5.43 Å². The number of hydrogen-bond acceptors (Lipinski definition) is 5. The molecule has 1 saturated heterocycles. The molecule has 0 unspecified atom stereocenters. The first-order valence-electron chi connectivity index (χ1n) is 11.4. The van der Waals surface area contributed by atoms with Crippen molar-refractivity contribution < 1.29 is 13.2 Å². The second-order valence-corrected chi connectivity index (χ2v) is 11.3. The molecule has 1 N–H and O–H groups in total. The lowest BCUT2D eigenvalue weighted by atomic mass is 9.85. The Hall–Kier alpha value is -0.950. The second kappa shape index (κ2) is 9.46. The molecule has 162 valence electrons. The maximum Gasteiger partial charge on any atom is 0.179 e. The lowest BCUT2D eigenvalue weighted by molar-refractivity contribution is 0.0327. The fourth-order valence-electron chi connectivity index (χ4n) is 5.90. The number of hydrogen-bond donors (Lipinski definition) is 1. The Kier molecular flexibility index (Phi) is 6.94. The van der Waals surface area contributed by atoms with Crippen molar-refractivity contribution in [2.24, 2.45) is 11.8 Å². The van der Waals surface area contributed by atoms with Crippen LogP contribution in [-0.4, -0.2) is 51.0 Å². The highest BCUT2D eigenvalue weighted by Gasteiger charge is 2.45. The molecule has 0 amide bonds. The minimum Gasteiger partial charge on any atom is -0.383 e. The van der Waals surface area contributed by atoms with Gasteiger partial charge in [0.15, 0.2) is 9.84 Å². The molecule has 1 aliphatic heterocycles. The molecule has 6 heteroatoms. The Morgan fingerprint density at radius 3 is 2.55 bits per heavy atom. The zero-order chi connectivity index (χ0) is 20.3. The largest absolute Gasteiger partial charge is 0.383 e. The molecule has 3 fully saturated rings. The number of nitrogens with one attached hydrogen (secondary N) is 1. The summed E-state index contributed by atoms with van der Waals surface area (Å²) in [4.78, 5) is 0.441. The SMILES string of the molecule is COC[C@H]1C[C@H]2CCC[C@H]2N1N[C@H](CS(=O)(=O)c1ccccc1)C1CCCCC1. The number of rotatable bonds is 8. The van der Waals surface area contributed by atoms with Gasteiger partial charge >= 0.3 is 0 Å². The van der Waals surface area contributed by atoms with Crippen molar-refractivity contribution in [2.75, 3.05) is 19.5 Å². The van der Waals surface area contributed by atoms with Gasteiger partial charge in [-0.15, -0.1) is 0 Å². The zero-order valence-electron chi connectivity index (χ0n) is 17.6. The highest BCUT2D eigenvalue weighted by atomic mass is 32.2. The first-order chi connectivity index (χ1) is 14.1. The smallest absolute Gasteiger partial charge is 0.179 e. The van der Waals surface area contributed by atoms with E-state index < -0.39 is 9.84 Å². The maximum atomic E-state index is 13.2. The van der Waals surface area contributed by atoms with Crippen LogP contribution in [0, 0.1) is 11.8 Å². The van der Waals surface area contributed by atoms with E-state index in [1.807, 2.05) is 18.2 Å². The van der Waals surface area contributed by atoms with E-state index in [1.54, 1.807) is 19.2 Å². The molecule has 2 aliphatic carbocycles. The standard InChI is InChI=1S/C23H36N2O3S/c1-28-16-20-15-19-11-8-14-23(19)25(20)24-22(18-9-4-2-5-10-18)17-29(26,27)21-12-6-3-7-13-21/h3,6-7,12-13,18-20,22-24H,2,4-5,8-11,14-17H2,1H3/t19-,20-,22-,23-/m1/s1. The molecule has 1 aromatic carbocycles. The highest BCUT2D eigenvalue weighted by molar-refractivity contribution is 7.91. The summed E-state index contributed by atoms with van der Waals surface area (Å²) in [6.07, 6.45) is 10.9. The Labute approximate surface area is 176 Å². The van der Waals surface area contributed by atoms with E-state index in [1.165, 1.54) is 38.5 Å². The van der Waals surface area contributed by atoms with Crippen LogP contribution in [0.5, 0.6) is 0 Å². The van der Waals surface area contributed by atoms with Crippen molar-refractivity contribution in [3.8, 4) is 0 Å². The first kappa shape index (κ1) is 21.3. The molecule has 5 nitrogen and oxygen atoms in total. The summed E-state index contributed by atoms with van der Waals surface area (Å²) in [5.41, 5.74) is 3.79. The van der Waals surface area contributed by atoms with Crippen LogP contribution in [0.15, 0.2) is 35.2 Å². The van der Waals surface area contributed by atoms with Gasteiger partial charge in [0.1, 0.15) is 0 Å². The van der Waals surface area contributed by atoms with Gasteiger partial charge in [-0.1, -0.05) is 43.9 Å². The lowest BCUT2D eigenvalue weighted by Gasteiger charge is -2.38. The van der Waals surface area contributed by atoms with E-state index in [2.05, 4.69) is 10.4 Å². The Balaban J connectivity index is 1.55. The molecule has 2 saturated carbocycles. The summed E-state index contributed by atoms with van der Waals surface area (Å²) in [5.74, 6) is 1.32. The van der Waals surface area contributed by atoms with Crippen LogP contribution in [0.2, 0.25) is 0 Å². The van der Waals surface area contributed by atoms with E-state index in [0.29, 0.717) is 29.5 Å². The van der Waals surface area contributed by atoms with E-state index in [-0.39, 0.29) is 11.8 Å². The van der Waals surface area contributed by atoms with Crippen molar-refractivity contribution in [3.63, 3.8) is 0 Å². The van der Waals surface area contributed by atoms with Gasteiger partial charge in [-0.05, 0) is 56.1 Å². The third kappa shape index (κ3) is 4.87. The third-order valence-corrected chi connectivity index (χ3v) is 9.13. The van der Waals surface area contributed by atoms with Crippen LogP contribution in [-0.2, 0) is 14.6 Å². The summed E-state index contributed by atoms with van der Waals surface area (Å²) in [7, 11) is -1.55. The van der Waals surface area contributed by atoms with E-state index in [9.17, 15) is 8.42 Å². The number of nitrogens with zero attached hydrogens (tertiary/aromatic N) is 1. The average molecular weight is 421 g/mol. The quantitative estimate of drug-likeness (QED) is 0.693. The molecule has 0 aromatic heterocycles. The van der Waals surface area contributed by atoms with Crippen molar-refractivity contribution in [1.82, 2.24) is 10.4 Å². The van der Waals surface area contributed by atoms with Crippen molar-refractivity contribution in [1.29, 1.82) is 0 Å². The number of fused-ring (bicyclic) bond motifs is 1. The number of methoxy groups -OCH3 is 1. The summed E-state index contributed by atoms with van der Waals surface area (Å²) < 4.78 is 31.9. The fraction of sp³-hybridized carbons (Fsp3) is 0.739. The molecule has 1 heterocycles. The average Bonchev–Trinajstić information content (AvgIpc) is 3.31. The van der Waals surface area contributed by atoms with Crippen LogP contribution >= 0.6 is 0 Å². The molecule has 0 radical (unpaired) electrons. The van der Waals surface area contributed by atoms with Gasteiger partial charge in [-0.25, -0.2) is 13.4 Å². The highest BCUT2D eigenvalue weighted by Crippen LogP contribution is 2.41. The van der Waals surface area contributed by atoms with Gasteiger partial charge in [0.25, 0.3) is 0 Å². The summed E-state index contributed by atoms with van der Waals surface area (Å²) in [6, 6.07) is 9.80. The van der Waals surface area contributed by atoms with Crippen LogP contribution in [0.4, 0.5) is 0 Å². The predicted octanol–water partition coefficient (Wildman–Crippen LogP) is 3.80. The topological polar surface area (TPSA) is 58.6 Å². The molecule has 3 aliphatic rings. The van der Waals surface area contributed by atoms with Crippen molar-refractivity contribution in [3.05, 3.63) is 30.3 Å². The van der Waals surface area contributed by atoms with Crippen LogP contribution in [0.3, 0.4) is 0 Å². The Morgan fingerprint density at radius 2 is 1.83 bits per heavy atom. The number of sulfone groups is 1. The molecule has 4 rings (SSSR count). The predicted molar refractivity (Wildman–Crippen MR) is 115 cm³/mol. The molecule has 0 spiro atoms. The monoisotopic (exact) mass is 420 g/mol. The summed E-state index contributed by atoms with van der Waals surface area (Å²) in [5, 5.41) is 2.42. The molecule has 29 heavy (non-hydrogen) atoms. The van der Waals surface area contributed by atoms with E-state index in [4.69, 9.17) is 4.74 Å². The van der Waals surface area contributed by atoms with Gasteiger partial charge in [0, 0.05) is 25.2 Å². The van der Waals surface area contributed by atoms with Crippen LogP contribution in [0.1, 0.15) is 57.8 Å². The fourth-order valence-corrected chi connectivity index (χ4v) is 7.49. The van der Waals surface area contributed by atoms with Gasteiger partial charge < -0.3 is 4.74 Å². The molecule has 0 bridgehead atoms. The van der Waals surface area contributed by atoms with Crippen LogP contribution in [0.25, 0.3) is 0 Å². The van der Waals surface area contributed by atoms with Crippen LogP contribution < -0.4 is 5.43 Å². The first-order valence-corrected chi connectivity index (χ1v) is 13.0. The lowest BCUT2D eigenvalue weighted by Crippen LogP contribution is -2.56. The second-order valence-electron chi connectivity index (χ2n) is 9.24. The third-order valence-electron chi connectivity index (χ3n) is 7.34. The normalized spacial score (nSPS) is 29.8. The Bertz CT molecular complexity index is 749. The van der Waals surface area contributed by atoms with Crippen molar-refractivity contribution in [2.45, 2.75) is 80.8 Å².